The number of thiophene rings is 1. The van der Waals surface area contributed by atoms with Gasteiger partial charge >= 0.3 is 0 Å². The number of pyridine rings is 1. The summed E-state index contributed by atoms with van der Waals surface area (Å²) in [6.07, 6.45) is 3.49. The van der Waals surface area contributed by atoms with E-state index in [0.717, 1.165) is 20.7 Å². The van der Waals surface area contributed by atoms with Crippen molar-refractivity contribution in [3.63, 3.8) is 0 Å². The molecule has 96 valence electrons. The van der Waals surface area contributed by atoms with Crippen LogP contribution in [0.2, 0.25) is 0 Å². The number of nitrogens with two attached hydrogens (primary N) is 1. The topological polar surface area (TPSA) is 60.2 Å². The van der Waals surface area contributed by atoms with Crippen LogP contribution in [0.4, 0.5) is 0 Å². The number of aromatic nitrogens is 1. The van der Waals surface area contributed by atoms with E-state index in [0.29, 0.717) is 6.61 Å². The number of hydrogen-bond acceptors (Lipinski definition) is 5. The highest BCUT2D eigenvalue weighted by Gasteiger charge is 2.17. The van der Waals surface area contributed by atoms with Gasteiger partial charge in [-0.15, -0.1) is 11.3 Å². The van der Waals surface area contributed by atoms with E-state index in [9.17, 15) is 0 Å². The molecule has 0 fully saturated rings. The van der Waals surface area contributed by atoms with Crippen molar-refractivity contribution in [3.8, 4) is 5.75 Å². The van der Waals surface area contributed by atoms with Crippen molar-refractivity contribution in [1.29, 1.82) is 0 Å². The molecule has 1 unspecified atom stereocenters. The largest absolute Gasteiger partial charge is 0.492 e. The van der Waals surface area contributed by atoms with Crippen LogP contribution in [0.3, 0.4) is 0 Å². The van der Waals surface area contributed by atoms with Crippen LogP contribution in [-0.4, -0.2) is 11.6 Å². The number of hydrazine groups is 1. The van der Waals surface area contributed by atoms with E-state index in [4.69, 9.17) is 10.6 Å². The maximum absolute atomic E-state index is 5.66. The van der Waals surface area contributed by atoms with Crippen molar-refractivity contribution in [2.75, 3.05) is 6.61 Å². The van der Waals surface area contributed by atoms with E-state index in [-0.39, 0.29) is 6.04 Å². The molecule has 18 heavy (non-hydrogen) atoms. The lowest BCUT2D eigenvalue weighted by Gasteiger charge is -2.16. The Hall–Kier alpha value is -0.950. The maximum Gasteiger partial charge on any atom is 0.137 e. The minimum atomic E-state index is -0.0905. The first-order valence-corrected chi connectivity index (χ1v) is 7.20. The summed E-state index contributed by atoms with van der Waals surface area (Å²) < 4.78 is 6.49. The molecule has 4 nitrogen and oxygen atoms in total. The Balaban J connectivity index is 2.33. The number of nitrogens with one attached hydrogen (secondary N) is 1. The molecule has 0 bridgehead atoms. The second-order valence-corrected chi connectivity index (χ2v) is 5.42. The smallest absolute Gasteiger partial charge is 0.137 e. The third-order valence-electron chi connectivity index (χ3n) is 2.45. The molecular formula is C12H14BrN3OS. The number of ether oxygens (including phenoxy) is 1. The summed E-state index contributed by atoms with van der Waals surface area (Å²) in [5, 5.41) is 2.02. The van der Waals surface area contributed by atoms with Gasteiger partial charge in [0.2, 0.25) is 0 Å². The van der Waals surface area contributed by atoms with Gasteiger partial charge in [-0.1, -0.05) is 0 Å². The van der Waals surface area contributed by atoms with Gasteiger partial charge in [-0.25, -0.2) is 5.43 Å². The molecule has 3 N–H and O–H groups in total. The summed E-state index contributed by atoms with van der Waals surface area (Å²) in [7, 11) is 0. The zero-order valence-electron chi connectivity index (χ0n) is 9.89. The van der Waals surface area contributed by atoms with Crippen LogP contribution in [0.15, 0.2) is 34.4 Å². The molecule has 0 saturated heterocycles. The van der Waals surface area contributed by atoms with Crippen LogP contribution in [0.5, 0.6) is 5.75 Å². The van der Waals surface area contributed by atoms with Crippen molar-refractivity contribution in [1.82, 2.24) is 10.4 Å². The van der Waals surface area contributed by atoms with Crippen molar-refractivity contribution in [2.45, 2.75) is 13.0 Å². The zero-order chi connectivity index (χ0) is 13.0. The molecule has 0 aliphatic carbocycles. The summed E-state index contributed by atoms with van der Waals surface area (Å²) in [6.45, 7) is 2.57. The van der Waals surface area contributed by atoms with Crippen LogP contribution in [0.1, 0.15) is 23.4 Å². The highest BCUT2D eigenvalue weighted by Crippen LogP contribution is 2.33. The normalized spacial score (nSPS) is 12.4. The van der Waals surface area contributed by atoms with E-state index in [1.807, 2.05) is 24.4 Å². The van der Waals surface area contributed by atoms with Gasteiger partial charge in [-0.3, -0.25) is 10.8 Å². The zero-order valence-corrected chi connectivity index (χ0v) is 12.3. The summed E-state index contributed by atoms with van der Waals surface area (Å²) >= 11 is 5.16. The maximum atomic E-state index is 5.66. The SMILES string of the molecule is CCOc1cncc(C(NN)c2sccc2Br)c1. The Bertz CT molecular complexity index is 518. The first-order valence-electron chi connectivity index (χ1n) is 5.53. The molecular weight excluding hydrogens is 314 g/mol. The molecule has 0 radical (unpaired) electrons. The summed E-state index contributed by atoms with van der Waals surface area (Å²) in [6, 6.07) is 3.87. The van der Waals surface area contributed by atoms with Crippen LogP contribution >= 0.6 is 27.3 Å². The fraction of sp³-hybridized carbons (Fsp3) is 0.250. The summed E-state index contributed by atoms with van der Waals surface area (Å²) in [5.74, 6) is 6.41. The highest BCUT2D eigenvalue weighted by atomic mass is 79.9. The van der Waals surface area contributed by atoms with E-state index < -0.39 is 0 Å². The van der Waals surface area contributed by atoms with Crippen LogP contribution < -0.4 is 16.0 Å². The Labute approximate surface area is 118 Å². The number of nitrogens with zero attached hydrogens (tertiary/aromatic N) is 1. The molecule has 2 heterocycles. The summed E-state index contributed by atoms with van der Waals surface area (Å²) in [5.41, 5.74) is 3.79. The first-order chi connectivity index (χ1) is 8.76. The predicted octanol–water partition coefficient (Wildman–Crippen LogP) is 2.86. The van der Waals surface area contributed by atoms with Gasteiger partial charge < -0.3 is 4.74 Å². The van der Waals surface area contributed by atoms with Gasteiger partial charge in [-0.2, -0.15) is 0 Å². The van der Waals surface area contributed by atoms with E-state index >= 15 is 0 Å². The molecule has 6 heteroatoms. The Morgan fingerprint density at radius 1 is 1.56 bits per heavy atom. The van der Waals surface area contributed by atoms with Gasteiger partial charge in [0.05, 0.1) is 18.8 Å². The van der Waals surface area contributed by atoms with E-state index in [1.165, 1.54) is 0 Å². The van der Waals surface area contributed by atoms with Crippen LogP contribution in [0, 0.1) is 0 Å². The Morgan fingerprint density at radius 2 is 2.39 bits per heavy atom. The molecule has 2 rings (SSSR count). The second kappa shape index (κ2) is 6.29. The third kappa shape index (κ3) is 2.89. The Kier molecular flexibility index (Phi) is 4.71. The standard InChI is InChI=1S/C12H14BrN3OS/c1-2-17-9-5-8(6-15-7-9)11(16-14)12-10(13)3-4-18-12/h3-7,11,16H,2,14H2,1H3. The molecule has 0 spiro atoms. The molecule has 0 aromatic carbocycles. The number of hydrogen-bond donors (Lipinski definition) is 2. The average molecular weight is 328 g/mol. The molecule has 2 aromatic rings. The van der Waals surface area contributed by atoms with Gasteiger partial charge in [0, 0.05) is 15.5 Å². The van der Waals surface area contributed by atoms with Gasteiger partial charge in [0.25, 0.3) is 0 Å². The van der Waals surface area contributed by atoms with Crippen LogP contribution in [0.25, 0.3) is 0 Å². The molecule has 0 aliphatic heterocycles. The quantitative estimate of drug-likeness (QED) is 0.654. The molecule has 2 aromatic heterocycles. The minimum Gasteiger partial charge on any atom is -0.492 e. The first kappa shape index (κ1) is 13.5. The predicted molar refractivity (Wildman–Crippen MR) is 76.6 cm³/mol. The Morgan fingerprint density at radius 3 is 3.00 bits per heavy atom. The fourth-order valence-corrected chi connectivity index (χ4v) is 3.36. The van der Waals surface area contributed by atoms with Crippen LogP contribution in [-0.2, 0) is 0 Å². The average Bonchev–Trinajstić information content (AvgIpc) is 2.78. The lowest BCUT2D eigenvalue weighted by Crippen LogP contribution is -2.28. The van der Waals surface area contributed by atoms with Gasteiger partial charge in [0.15, 0.2) is 0 Å². The van der Waals surface area contributed by atoms with E-state index in [2.05, 4.69) is 26.3 Å². The molecule has 0 aliphatic rings. The molecule has 0 saturated carbocycles. The number of rotatable bonds is 5. The van der Waals surface area contributed by atoms with Crippen molar-refractivity contribution in [3.05, 3.63) is 44.8 Å². The van der Waals surface area contributed by atoms with Crippen molar-refractivity contribution in [2.24, 2.45) is 5.84 Å². The van der Waals surface area contributed by atoms with E-state index in [1.54, 1.807) is 23.7 Å². The lowest BCUT2D eigenvalue weighted by molar-refractivity contribution is 0.338. The van der Waals surface area contributed by atoms with Crippen molar-refractivity contribution < 1.29 is 4.74 Å². The number of halogens is 1. The highest BCUT2D eigenvalue weighted by molar-refractivity contribution is 9.10. The minimum absolute atomic E-state index is 0.0905. The van der Waals surface area contributed by atoms with Gasteiger partial charge in [-0.05, 0) is 45.9 Å². The molecule has 0 amide bonds. The second-order valence-electron chi connectivity index (χ2n) is 3.62. The monoisotopic (exact) mass is 327 g/mol. The van der Waals surface area contributed by atoms with Crippen molar-refractivity contribution >= 4 is 27.3 Å². The lowest BCUT2D eigenvalue weighted by atomic mass is 10.1. The fourth-order valence-electron chi connectivity index (χ4n) is 1.67. The van der Waals surface area contributed by atoms with Gasteiger partial charge in [0.1, 0.15) is 5.75 Å². The third-order valence-corrected chi connectivity index (χ3v) is 4.39. The summed E-state index contributed by atoms with van der Waals surface area (Å²) in [4.78, 5) is 5.30. The molecule has 1 atom stereocenters.